The zero-order chi connectivity index (χ0) is 15.4. The Bertz CT molecular complexity index is 583. The maximum absolute atomic E-state index is 12.6. The van der Waals surface area contributed by atoms with Crippen LogP contribution in [0.4, 0.5) is 0 Å². The molecule has 0 radical (unpaired) electrons. The van der Waals surface area contributed by atoms with Gasteiger partial charge >= 0.3 is 0 Å². The minimum absolute atomic E-state index is 0.0775. The first kappa shape index (κ1) is 15.2. The number of carbonyl (C=O) groups is 1. The maximum atomic E-state index is 12.6. The third-order valence-electron chi connectivity index (χ3n) is 4.05. The first-order chi connectivity index (χ1) is 10.7. The van der Waals surface area contributed by atoms with Crippen molar-refractivity contribution in [2.45, 2.75) is 25.9 Å². The number of nitrogens with zero attached hydrogens (tertiary/aromatic N) is 3. The van der Waals surface area contributed by atoms with E-state index in [-0.39, 0.29) is 11.8 Å². The zero-order valence-corrected chi connectivity index (χ0v) is 13.6. The highest BCUT2D eigenvalue weighted by molar-refractivity contribution is 7.09. The molecule has 1 fully saturated rings. The van der Waals surface area contributed by atoms with Gasteiger partial charge in [0, 0.05) is 25.2 Å². The molecule has 5 nitrogen and oxygen atoms in total. The molecule has 0 bridgehead atoms. The summed E-state index contributed by atoms with van der Waals surface area (Å²) in [5.41, 5.74) is 0. The summed E-state index contributed by atoms with van der Waals surface area (Å²) >= 11 is 1.59. The largest absolute Gasteiger partial charge is 0.468 e. The minimum atomic E-state index is 0.0775. The second-order valence-electron chi connectivity index (χ2n) is 5.77. The summed E-state index contributed by atoms with van der Waals surface area (Å²) in [5, 5.41) is 2.93. The van der Waals surface area contributed by atoms with E-state index in [4.69, 9.17) is 4.42 Å². The Morgan fingerprint density at radius 3 is 3.23 bits per heavy atom. The molecule has 3 rings (SSSR count). The van der Waals surface area contributed by atoms with Gasteiger partial charge in [-0.05, 0) is 31.5 Å². The first-order valence-electron chi connectivity index (χ1n) is 7.60. The average molecular weight is 319 g/mol. The number of rotatable bonds is 5. The number of hydrogen-bond donors (Lipinski definition) is 0. The number of likely N-dealkylation sites (tertiary alicyclic amines) is 1. The van der Waals surface area contributed by atoms with Crippen LogP contribution in [-0.2, 0) is 17.9 Å². The van der Waals surface area contributed by atoms with Crippen molar-refractivity contribution >= 4 is 17.2 Å². The fourth-order valence-electron chi connectivity index (χ4n) is 2.95. The molecule has 0 aliphatic carbocycles. The van der Waals surface area contributed by atoms with Gasteiger partial charge in [-0.25, -0.2) is 4.98 Å². The number of carbonyl (C=O) groups excluding carboxylic acids is 1. The highest BCUT2D eigenvalue weighted by Gasteiger charge is 2.28. The third-order valence-corrected chi connectivity index (χ3v) is 4.81. The van der Waals surface area contributed by atoms with Gasteiger partial charge in [0.15, 0.2) is 0 Å². The predicted octanol–water partition coefficient (Wildman–Crippen LogP) is 2.61. The number of thiazole rings is 1. The molecule has 1 saturated heterocycles. The summed E-state index contributed by atoms with van der Waals surface area (Å²) in [6.07, 6.45) is 5.51. The van der Waals surface area contributed by atoms with E-state index in [2.05, 4.69) is 9.88 Å². The van der Waals surface area contributed by atoms with Crippen molar-refractivity contribution in [2.24, 2.45) is 5.92 Å². The molecule has 0 aromatic carbocycles. The number of aromatic nitrogens is 1. The third kappa shape index (κ3) is 3.75. The van der Waals surface area contributed by atoms with Crippen molar-refractivity contribution in [2.75, 3.05) is 20.1 Å². The molecule has 1 aliphatic rings. The van der Waals surface area contributed by atoms with E-state index in [1.165, 1.54) is 0 Å². The topological polar surface area (TPSA) is 49.6 Å². The van der Waals surface area contributed by atoms with Gasteiger partial charge in [-0.3, -0.25) is 9.69 Å². The fraction of sp³-hybridized carbons (Fsp3) is 0.500. The van der Waals surface area contributed by atoms with Crippen LogP contribution in [0.5, 0.6) is 0 Å². The number of furan rings is 1. The van der Waals surface area contributed by atoms with Gasteiger partial charge in [-0.1, -0.05) is 0 Å². The van der Waals surface area contributed by atoms with Crippen molar-refractivity contribution in [1.82, 2.24) is 14.8 Å². The van der Waals surface area contributed by atoms with E-state index in [1.54, 1.807) is 28.7 Å². The van der Waals surface area contributed by atoms with Crippen LogP contribution in [0.25, 0.3) is 0 Å². The SMILES string of the molecule is CN(Cc1nccs1)C(=O)[C@H]1CCCN(Cc2ccco2)C1. The summed E-state index contributed by atoms with van der Waals surface area (Å²) in [6.45, 7) is 3.22. The first-order valence-corrected chi connectivity index (χ1v) is 8.48. The summed E-state index contributed by atoms with van der Waals surface area (Å²) in [5.74, 6) is 1.26. The Morgan fingerprint density at radius 2 is 2.50 bits per heavy atom. The van der Waals surface area contributed by atoms with E-state index in [1.807, 2.05) is 24.6 Å². The molecule has 0 spiro atoms. The van der Waals surface area contributed by atoms with Gasteiger partial charge in [-0.2, -0.15) is 0 Å². The van der Waals surface area contributed by atoms with Crippen LogP contribution in [0.1, 0.15) is 23.6 Å². The Hall–Kier alpha value is -1.66. The average Bonchev–Trinajstić information content (AvgIpc) is 3.20. The van der Waals surface area contributed by atoms with Crippen LogP contribution in [0, 0.1) is 5.92 Å². The van der Waals surface area contributed by atoms with E-state index in [9.17, 15) is 4.79 Å². The second kappa shape index (κ2) is 7.07. The number of hydrogen-bond acceptors (Lipinski definition) is 5. The molecule has 1 atom stereocenters. The summed E-state index contributed by atoms with van der Waals surface area (Å²) in [7, 11) is 1.87. The molecule has 0 N–H and O–H groups in total. The molecule has 3 heterocycles. The molecule has 118 valence electrons. The van der Waals surface area contributed by atoms with Crippen molar-refractivity contribution in [3.63, 3.8) is 0 Å². The van der Waals surface area contributed by atoms with Crippen LogP contribution < -0.4 is 0 Å². The smallest absolute Gasteiger partial charge is 0.227 e. The summed E-state index contributed by atoms with van der Waals surface area (Å²) < 4.78 is 5.41. The van der Waals surface area contributed by atoms with Gasteiger partial charge in [0.1, 0.15) is 10.8 Å². The number of amides is 1. The highest BCUT2D eigenvalue weighted by Crippen LogP contribution is 2.21. The molecule has 2 aromatic rings. The lowest BCUT2D eigenvalue weighted by Crippen LogP contribution is -2.43. The van der Waals surface area contributed by atoms with Gasteiger partial charge in [0.05, 0.1) is 25.3 Å². The number of piperidine rings is 1. The Balaban J connectivity index is 1.55. The van der Waals surface area contributed by atoms with Crippen molar-refractivity contribution in [1.29, 1.82) is 0 Å². The molecule has 2 aromatic heterocycles. The lowest BCUT2D eigenvalue weighted by atomic mass is 9.96. The molecule has 6 heteroatoms. The van der Waals surface area contributed by atoms with E-state index in [0.29, 0.717) is 6.54 Å². The fourth-order valence-corrected chi connectivity index (χ4v) is 3.62. The van der Waals surface area contributed by atoms with Gasteiger partial charge < -0.3 is 9.32 Å². The Kier molecular flexibility index (Phi) is 4.90. The van der Waals surface area contributed by atoms with Crippen LogP contribution in [0.3, 0.4) is 0 Å². The van der Waals surface area contributed by atoms with Gasteiger partial charge in [0.2, 0.25) is 5.91 Å². The van der Waals surface area contributed by atoms with Crippen molar-refractivity contribution < 1.29 is 9.21 Å². The van der Waals surface area contributed by atoms with Crippen LogP contribution >= 0.6 is 11.3 Å². The molecule has 1 aliphatic heterocycles. The lowest BCUT2D eigenvalue weighted by Gasteiger charge is -2.33. The van der Waals surface area contributed by atoms with E-state index < -0.39 is 0 Å². The normalized spacial score (nSPS) is 19.2. The molecule has 22 heavy (non-hydrogen) atoms. The van der Waals surface area contributed by atoms with Crippen LogP contribution in [-0.4, -0.2) is 40.8 Å². The Labute approximate surface area is 134 Å². The summed E-state index contributed by atoms with van der Waals surface area (Å²) in [6, 6.07) is 3.89. The monoisotopic (exact) mass is 319 g/mol. The molecule has 0 saturated carbocycles. The standard InChI is InChI=1S/C16H21N3O2S/c1-18(12-15-17-6-9-22-15)16(20)13-4-2-7-19(10-13)11-14-5-3-8-21-14/h3,5-6,8-9,13H,2,4,7,10-12H2,1H3/t13-/m0/s1. The van der Waals surface area contributed by atoms with Crippen LogP contribution in [0.2, 0.25) is 0 Å². The van der Waals surface area contributed by atoms with Crippen molar-refractivity contribution in [3.05, 3.63) is 40.7 Å². The lowest BCUT2D eigenvalue weighted by molar-refractivity contribution is -0.136. The second-order valence-corrected chi connectivity index (χ2v) is 6.75. The molecular weight excluding hydrogens is 298 g/mol. The van der Waals surface area contributed by atoms with E-state index >= 15 is 0 Å². The maximum Gasteiger partial charge on any atom is 0.227 e. The van der Waals surface area contributed by atoms with Crippen molar-refractivity contribution in [3.8, 4) is 0 Å². The van der Waals surface area contributed by atoms with Crippen LogP contribution in [0.15, 0.2) is 34.4 Å². The predicted molar refractivity (Wildman–Crippen MR) is 85.3 cm³/mol. The van der Waals surface area contributed by atoms with E-state index in [0.717, 1.165) is 43.2 Å². The summed E-state index contributed by atoms with van der Waals surface area (Å²) in [4.78, 5) is 21.0. The molecule has 1 amide bonds. The minimum Gasteiger partial charge on any atom is -0.468 e. The quantitative estimate of drug-likeness (QED) is 0.850. The van der Waals surface area contributed by atoms with Gasteiger partial charge in [0.25, 0.3) is 0 Å². The highest BCUT2D eigenvalue weighted by atomic mass is 32.1. The zero-order valence-electron chi connectivity index (χ0n) is 12.8. The molecular formula is C16H21N3O2S. The van der Waals surface area contributed by atoms with Gasteiger partial charge in [-0.15, -0.1) is 11.3 Å². The Morgan fingerprint density at radius 1 is 1.59 bits per heavy atom. The molecule has 0 unspecified atom stereocenters.